The predicted octanol–water partition coefficient (Wildman–Crippen LogP) is 1.36. The molecule has 0 radical (unpaired) electrons. The molecular formula is C12H20N4O. The molecule has 0 aliphatic carbocycles. The van der Waals surface area contributed by atoms with E-state index in [0.717, 1.165) is 37.7 Å². The number of nitrogens with zero attached hydrogens (tertiary/aromatic N) is 3. The van der Waals surface area contributed by atoms with Crippen LogP contribution in [0.2, 0.25) is 0 Å². The highest BCUT2D eigenvalue weighted by Crippen LogP contribution is 2.15. The van der Waals surface area contributed by atoms with Crippen LogP contribution in [0.3, 0.4) is 0 Å². The summed E-state index contributed by atoms with van der Waals surface area (Å²) in [6.07, 6.45) is 5.83. The molecule has 5 nitrogen and oxygen atoms in total. The van der Waals surface area contributed by atoms with Gasteiger partial charge in [-0.15, -0.1) is 0 Å². The number of aryl methyl sites for hydroxylation is 1. The zero-order valence-electron chi connectivity index (χ0n) is 10.5. The quantitative estimate of drug-likeness (QED) is 0.843. The van der Waals surface area contributed by atoms with Crippen molar-refractivity contribution in [2.75, 3.05) is 13.1 Å². The highest BCUT2D eigenvalue weighted by atomic mass is 16.2. The molecule has 0 bridgehead atoms. The third-order valence-corrected chi connectivity index (χ3v) is 3.39. The van der Waals surface area contributed by atoms with Crippen LogP contribution in [0.5, 0.6) is 0 Å². The van der Waals surface area contributed by atoms with Crippen molar-refractivity contribution in [1.82, 2.24) is 19.8 Å². The summed E-state index contributed by atoms with van der Waals surface area (Å²) < 4.78 is 1.92. The van der Waals surface area contributed by atoms with E-state index >= 15 is 0 Å². The van der Waals surface area contributed by atoms with Gasteiger partial charge in [-0.3, -0.25) is 0 Å². The summed E-state index contributed by atoms with van der Waals surface area (Å²) in [7, 11) is 1.93. The van der Waals surface area contributed by atoms with E-state index in [1.54, 1.807) is 6.20 Å². The average molecular weight is 236 g/mol. The Balaban J connectivity index is 1.80. The fraction of sp³-hybridized carbons (Fsp3) is 0.667. The number of imidazole rings is 1. The third-order valence-electron chi connectivity index (χ3n) is 3.39. The molecule has 1 saturated heterocycles. The number of hydrogen-bond acceptors (Lipinski definition) is 2. The van der Waals surface area contributed by atoms with Crippen molar-refractivity contribution in [3.05, 3.63) is 18.2 Å². The fourth-order valence-corrected chi connectivity index (χ4v) is 2.04. The van der Waals surface area contributed by atoms with Gasteiger partial charge in [0.1, 0.15) is 5.82 Å². The Labute approximate surface area is 102 Å². The lowest BCUT2D eigenvalue weighted by atomic mass is 10.00. The molecule has 17 heavy (non-hydrogen) atoms. The van der Waals surface area contributed by atoms with E-state index in [0.29, 0.717) is 6.54 Å². The number of hydrogen-bond donors (Lipinski definition) is 1. The molecule has 1 aliphatic rings. The standard InChI is InChI=1S/C12H20N4O/c1-10-3-6-16(7-4-10)12(17)14-9-11-13-5-8-15(11)2/h5,8,10H,3-4,6-7,9H2,1-2H3,(H,14,17). The SMILES string of the molecule is CC1CCN(C(=O)NCc2nccn2C)CC1. The molecule has 1 fully saturated rings. The van der Waals surface area contributed by atoms with E-state index in [-0.39, 0.29) is 6.03 Å². The van der Waals surface area contributed by atoms with E-state index < -0.39 is 0 Å². The van der Waals surface area contributed by atoms with Gasteiger partial charge in [0.2, 0.25) is 0 Å². The second-order valence-corrected chi connectivity index (χ2v) is 4.78. The van der Waals surface area contributed by atoms with Gasteiger partial charge in [0.15, 0.2) is 0 Å². The van der Waals surface area contributed by atoms with E-state index in [4.69, 9.17) is 0 Å². The van der Waals surface area contributed by atoms with Crippen molar-refractivity contribution in [1.29, 1.82) is 0 Å². The summed E-state index contributed by atoms with van der Waals surface area (Å²) in [6.45, 7) is 4.47. The lowest BCUT2D eigenvalue weighted by molar-refractivity contribution is 0.173. The minimum Gasteiger partial charge on any atom is -0.337 e. The van der Waals surface area contributed by atoms with Gasteiger partial charge in [0, 0.05) is 32.5 Å². The molecule has 2 rings (SSSR count). The number of amides is 2. The molecule has 5 heteroatoms. The maximum absolute atomic E-state index is 11.9. The Bertz CT molecular complexity index is 380. The first-order chi connectivity index (χ1) is 8.16. The molecule has 0 saturated carbocycles. The number of carbonyl (C=O) groups is 1. The van der Waals surface area contributed by atoms with Gasteiger partial charge < -0.3 is 14.8 Å². The first-order valence-corrected chi connectivity index (χ1v) is 6.16. The molecule has 1 aromatic heterocycles. The maximum atomic E-state index is 11.9. The third kappa shape index (κ3) is 2.99. The first kappa shape index (κ1) is 12.0. The number of urea groups is 1. The predicted molar refractivity (Wildman–Crippen MR) is 65.4 cm³/mol. The molecule has 2 heterocycles. The molecule has 0 atom stereocenters. The number of likely N-dealkylation sites (tertiary alicyclic amines) is 1. The molecule has 1 aliphatic heterocycles. The minimum absolute atomic E-state index is 0.0277. The Hall–Kier alpha value is -1.52. The Kier molecular flexibility index (Phi) is 3.66. The molecule has 1 aromatic rings. The van der Waals surface area contributed by atoms with Gasteiger partial charge in [0.25, 0.3) is 0 Å². The number of piperidine rings is 1. The van der Waals surface area contributed by atoms with Crippen LogP contribution >= 0.6 is 0 Å². The van der Waals surface area contributed by atoms with Gasteiger partial charge in [0.05, 0.1) is 6.54 Å². The van der Waals surface area contributed by atoms with Crippen molar-refractivity contribution in [3.63, 3.8) is 0 Å². The van der Waals surface area contributed by atoms with Crippen molar-refractivity contribution < 1.29 is 4.79 Å². The Morgan fingerprint density at radius 3 is 2.82 bits per heavy atom. The summed E-state index contributed by atoms with van der Waals surface area (Å²) in [5, 5.41) is 2.91. The molecule has 0 spiro atoms. The fourth-order valence-electron chi connectivity index (χ4n) is 2.04. The average Bonchev–Trinajstić information content (AvgIpc) is 2.73. The summed E-state index contributed by atoms with van der Waals surface area (Å²) >= 11 is 0. The molecule has 0 aromatic carbocycles. The summed E-state index contributed by atoms with van der Waals surface area (Å²) in [6, 6.07) is 0.0277. The number of nitrogens with one attached hydrogen (secondary N) is 1. The largest absolute Gasteiger partial charge is 0.337 e. The van der Waals surface area contributed by atoms with Crippen molar-refractivity contribution in [2.24, 2.45) is 13.0 Å². The van der Waals surface area contributed by atoms with Crippen molar-refractivity contribution >= 4 is 6.03 Å². The van der Waals surface area contributed by atoms with Crippen molar-refractivity contribution in [2.45, 2.75) is 26.3 Å². The number of rotatable bonds is 2. The number of aromatic nitrogens is 2. The molecule has 94 valence electrons. The highest BCUT2D eigenvalue weighted by molar-refractivity contribution is 5.74. The van der Waals surface area contributed by atoms with Crippen LogP contribution in [-0.4, -0.2) is 33.6 Å². The van der Waals surface area contributed by atoms with Crippen LogP contribution in [0.15, 0.2) is 12.4 Å². The first-order valence-electron chi connectivity index (χ1n) is 6.16. The maximum Gasteiger partial charge on any atom is 0.317 e. The van der Waals surface area contributed by atoms with Crippen molar-refractivity contribution in [3.8, 4) is 0 Å². The normalized spacial score (nSPS) is 17.2. The van der Waals surface area contributed by atoms with E-state index in [9.17, 15) is 4.79 Å². The van der Waals surface area contributed by atoms with Crippen LogP contribution in [0.1, 0.15) is 25.6 Å². The van der Waals surface area contributed by atoms with Gasteiger partial charge >= 0.3 is 6.03 Å². The molecule has 2 amide bonds. The zero-order chi connectivity index (χ0) is 12.3. The summed E-state index contributed by atoms with van der Waals surface area (Å²) in [5.74, 6) is 1.62. The van der Waals surface area contributed by atoms with Gasteiger partial charge in [-0.1, -0.05) is 6.92 Å². The van der Waals surface area contributed by atoms with E-state index in [2.05, 4.69) is 17.2 Å². The molecule has 0 unspecified atom stereocenters. The highest BCUT2D eigenvalue weighted by Gasteiger charge is 2.19. The van der Waals surface area contributed by atoms with E-state index in [1.807, 2.05) is 22.7 Å². The zero-order valence-corrected chi connectivity index (χ0v) is 10.5. The molecular weight excluding hydrogens is 216 g/mol. The van der Waals surface area contributed by atoms with Gasteiger partial charge in [-0.05, 0) is 18.8 Å². The van der Waals surface area contributed by atoms with Crippen LogP contribution < -0.4 is 5.32 Å². The Morgan fingerprint density at radius 2 is 2.24 bits per heavy atom. The van der Waals surface area contributed by atoms with Crippen LogP contribution in [0, 0.1) is 5.92 Å². The summed E-state index contributed by atoms with van der Waals surface area (Å²) in [4.78, 5) is 18.0. The van der Waals surface area contributed by atoms with E-state index in [1.165, 1.54) is 0 Å². The van der Waals surface area contributed by atoms with Gasteiger partial charge in [-0.2, -0.15) is 0 Å². The van der Waals surface area contributed by atoms with Crippen LogP contribution in [-0.2, 0) is 13.6 Å². The van der Waals surface area contributed by atoms with Crippen LogP contribution in [0.4, 0.5) is 4.79 Å². The smallest absolute Gasteiger partial charge is 0.317 e. The summed E-state index contributed by atoms with van der Waals surface area (Å²) in [5.41, 5.74) is 0. The van der Waals surface area contributed by atoms with Crippen LogP contribution in [0.25, 0.3) is 0 Å². The van der Waals surface area contributed by atoms with Gasteiger partial charge in [-0.25, -0.2) is 9.78 Å². The second-order valence-electron chi connectivity index (χ2n) is 4.78. The number of carbonyl (C=O) groups excluding carboxylic acids is 1. The molecule has 1 N–H and O–H groups in total. The lowest BCUT2D eigenvalue weighted by Crippen LogP contribution is -2.44. The topological polar surface area (TPSA) is 50.2 Å². The second kappa shape index (κ2) is 5.21. The monoisotopic (exact) mass is 236 g/mol. The minimum atomic E-state index is 0.0277. The lowest BCUT2D eigenvalue weighted by Gasteiger charge is -2.30. The Morgan fingerprint density at radius 1 is 1.53 bits per heavy atom.